The molecule has 2 aromatic carbocycles. The Kier molecular flexibility index (Phi) is 5.07. The number of benzene rings is 2. The minimum atomic E-state index is -0.607. The summed E-state index contributed by atoms with van der Waals surface area (Å²) in [7, 11) is 1.72. The predicted octanol–water partition coefficient (Wildman–Crippen LogP) is 4.39. The van der Waals surface area contributed by atoms with Crippen molar-refractivity contribution >= 4 is 29.4 Å². The van der Waals surface area contributed by atoms with Crippen LogP contribution in [-0.2, 0) is 23.0 Å². The maximum absolute atomic E-state index is 12.5. The molecule has 0 fully saturated rings. The zero-order chi connectivity index (χ0) is 20.5. The molecule has 4 rings (SSSR count). The van der Waals surface area contributed by atoms with Crippen molar-refractivity contribution in [1.29, 1.82) is 0 Å². The van der Waals surface area contributed by atoms with E-state index < -0.39 is 5.97 Å². The number of ether oxygens (including phenoxy) is 1. The first-order valence-electron chi connectivity index (χ1n) is 9.22. The Morgan fingerprint density at radius 2 is 1.93 bits per heavy atom. The van der Waals surface area contributed by atoms with Crippen LogP contribution in [0.15, 0.2) is 48.5 Å². The number of aryl methyl sites for hydroxylation is 2. The summed E-state index contributed by atoms with van der Waals surface area (Å²) in [5, 5.41) is 4.61. The lowest BCUT2D eigenvalue weighted by Gasteiger charge is -2.06. The number of esters is 1. The number of nitrogens with zero attached hydrogens (tertiary/aromatic N) is 2. The normalized spacial score (nSPS) is 12.1. The van der Waals surface area contributed by atoms with E-state index in [1.165, 1.54) is 21.9 Å². The van der Waals surface area contributed by atoms with Gasteiger partial charge in [0.05, 0.1) is 5.69 Å². The summed E-state index contributed by atoms with van der Waals surface area (Å²) in [5.41, 5.74) is 6.56. The molecule has 146 valence electrons. The van der Waals surface area contributed by atoms with E-state index in [4.69, 9.17) is 16.3 Å². The Hall–Kier alpha value is -3.18. The van der Waals surface area contributed by atoms with E-state index in [9.17, 15) is 9.59 Å². The van der Waals surface area contributed by atoms with Crippen LogP contribution >= 0.6 is 11.6 Å². The lowest BCUT2D eigenvalue weighted by atomic mass is 10.0. The van der Waals surface area contributed by atoms with Crippen LogP contribution in [0, 0.1) is 6.92 Å². The van der Waals surface area contributed by atoms with Gasteiger partial charge in [0, 0.05) is 24.3 Å². The molecule has 0 saturated heterocycles. The van der Waals surface area contributed by atoms with Gasteiger partial charge in [0.15, 0.2) is 12.4 Å². The van der Waals surface area contributed by atoms with Crippen molar-refractivity contribution in [3.05, 3.63) is 81.6 Å². The molecule has 1 aromatic heterocycles. The minimum Gasteiger partial charge on any atom is -0.454 e. The SMILES string of the molecule is Cc1nn(C)c(Cl)c1/C=C\C(=O)OCC(=O)c1ccc2c(c1)-c1ccccc1C2. The van der Waals surface area contributed by atoms with E-state index in [0.717, 1.165) is 17.5 Å². The fraction of sp³-hybridized carbons (Fsp3) is 0.174. The standard InChI is InChI=1S/C23H19ClN2O3/c1-14-18(23(24)26(2)25-14)9-10-22(28)29-13-21(27)17-8-7-16-11-15-5-3-4-6-19(15)20(16)12-17/h3-10,12H,11,13H2,1-2H3/b10-9-. The van der Waals surface area contributed by atoms with Gasteiger partial charge >= 0.3 is 5.97 Å². The number of ketones is 1. The Morgan fingerprint density at radius 3 is 2.69 bits per heavy atom. The van der Waals surface area contributed by atoms with Crippen molar-refractivity contribution in [1.82, 2.24) is 9.78 Å². The van der Waals surface area contributed by atoms with Gasteiger partial charge in [0.25, 0.3) is 0 Å². The van der Waals surface area contributed by atoms with Crippen molar-refractivity contribution in [2.75, 3.05) is 6.61 Å². The molecular formula is C23H19ClN2O3. The van der Waals surface area contributed by atoms with Crippen molar-refractivity contribution < 1.29 is 14.3 Å². The van der Waals surface area contributed by atoms with Gasteiger partial charge in [-0.05, 0) is 47.7 Å². The highest BCUT2D eigenvalue weighted by Gasteiger charge is 2.20. The zero-order valence-electron chi connectivity index (χ0n) is 16.1. The lowest BCUT2D eigenvalue weighted by molar-refractivity contribution is -0.136. The average molecular weight is 407 g/mol. The maximum atomic E-state index is 12.5. The summed E-state index contributed by atoms with van der Waals surface area (Å²) in [6.45, 7) is 1.48. The van der Waals surface area contributed by atoms with Gasteiger partial charge in [-0.3, -0.25) is 9.48 Å². The number of halogens is 1. The van der Waals surface area contributed by atoms with Crippen LogP contribution in [0.4, 0.5) is 0 Å². The molecular weight excluding hydrogens is 388 g/mol. The summed E-state index contributed by atoms with van der Waals surface area (Å²) >= 11 is 6.13. The molecule has 0 bridgehead atoms. The fourth-order valence-corrected chi connectivity index (χ4v) is 3.79. The van der Waals surface area contributed by atoms with Gasteiger partial charge in [-0.1, -0.05) is 48.0 Å². The van der Waals surface area contributed by atoms with Crippen LogP contribution in [-0.4, -0.2) is 28.1 Å². The van der Waals surface area contributed by atoms with E-state index in [1.54, 1.807) is 26.1 Å². The third-order valence-electron chi connectivity index (χ3n) is 5.05. The molecule has 0 amide bonds. The quantitative estimate of drug-likeness (QED) is 0.280. The van der Waals surface area contributed by atoms with E-state index in [0.29, 0.717) is 22.0 Å². The zero-order valence-corrected chi connectivity index (χ0v) is 16.9. The van der Waals surface area contributed by atoms with Crippen LogP contribution in [0.5, 0.6) is 0 Å². The first kappa shape index (κ1) is 19.2. The van der Waals surface area contributed by atoms with Crippen molar-refractivity contribution in [3.63, 3.8) is 0 Å². The minimum absolute atomic E-state index is 0.241. The summed E-state index contributed by atoms with van der Waals surface area (Å²) in [5.74, 6) is -0.848. The first-order chi connectivity index (χ1) is 13.9. The van der Waals surface area contributed by atoms with Gasteiger partial charge in [0.2, 0.25) is 0 Å². The fourth-order valence-electron chi connectivity index (χ4n) is 3.55. The topological polar surface area (TPSA) is 61.2 Å². The van der Waals surface area contributed by atoms with E-state index >= 15 is 0 Å². The van der Waals surface area contributed by atoms with Gasteiger partial charge in [-0.2, -0.15) is 5.10 Å². The molecule has 0 N–H and O–H groups in total. The molecule has 0 saturated carbocycles. The molecule has 1 aliphatic carbocycles. The third kappa shape index (κ3) is 3.74. The second kappa shape index (κ2) is 7.68. The monoisotopic (exact) mass is 406 g/mol. The second-order valence-corrected chi connectivity index (χ2v) is 7.34. The summed E-state index contributed by atoms with van der Waals surface area (Å²) in [6.07, 6.45) is 3.67. The number of rotatable bonds is 5. The van der Waals surface area contributed by atoms with Gasteiger partial charge < -0.3 is 4.74 Å². The van der Waals surface area contributed by atoms with Crippen LogP contribution in [0.3, 0.4) is 0 Å². The Balaban J connectivity index is 1.42. The first-order valence-corrected chi connectivity index (χ1v) is 9.60. The molecule has 29 heavy (non-hydrogen) atoms. The summed E-state index contributed by atoms with van der Waals surface area (Å²) in [4.78, 5) is 24.5. The molecule has 3 aromatic rings. The van der Waals surface area contributed by atoms with E-state index in [2.05, 4.69) is 17.2 Å². The number of aromatic nitrogens is 2. The number of carbonyl (C=O) groups is 2. The molecule has 6 heteroatoms. The molecule has 0 atom stereocenters. The molecule has 0 spiro atoms. The van der Waals surface area contributed by atoms with Crippen molar-refractivity contribution in [3.8, 4) is 11.1 Å². The average Bonchev–Trinajstić information content (AvgIpc) is 3.20. The summed E-state index contributed by atoms with van der Waals surface area (Å²) in [6, 6.07) is 13.8. The Morgan fingerprint density at radius 1 is 1.17 bits per heavy atom. The smallest absolute Gasteiger partial charge is 0.331 e. The third-order valence-corrected chi connectivity index (χ3v) is 5.50. The predicted molar refractivity (Wildman–Crippen MR) is 112 cm³/mol. The summed E-state index contributed by atoms with van der Waals surface area (Å²) < 4.78 is 6.63. The number of hydrogen-bond donors (Lipinski definition) is 0. The van der Waals surface area contributed by atoms with Crippen LogP contribution < -0.4 is 0 Å². The Labute approximate surface area is 173 Å². The molecule has 0 unspecified atom stereocenters. The van der Waals surface area contributed by atoms with Crippen molar-refractivity contribution in [2.24, 2.45) is 7.05 Å². The van der Waals surface area contributed by atoms with Crippen molar-refractivity contribution in [2.45, 2.75) is 13.3 Å². The van der Waals surface area contributed by atoms with Gasteiger partial charge in [-0.25, -0.2) is 4.79 Å². The molecule has 1 heterocycles. The molecule has 0 radical (unpaired) electrons. The Bertz CT molecular complexity index is 1160. The number of hydrogen-bond acceptors (Lipinski definition) is 4. The highest BCUT2D eigenvalue weighted by molar-refractivity contribution is 6.31. The number of carbonyl (C=O) groups excluding carboxylic acids is 2. The van der Waals surface area contributed by atoms with Gasteiger partial charge in [-0.15, -0.1) is 0 Å². The number of Topliss-reactive ketones (excluding diaryl/α,β-unsaturated/α-hetero) is 1. The van der Waals surface area contributed by atoms with E-state index in [-0.39, 0.29) is 12.4 Å². The second-order valence-electron chi connectivity index (χ2n) is 6.98. The highest BCUT2D eigenvalue weighted by atomic mass is 35.5. The molecule has 0 aliphatic heterocycles. The maximum Gasteiger partial charge on any atom is 0.331 e. The van der Waals surface area contributed by atoms with Crippen LogP contribution in [0.2, 0.25) is 5.15 Å². The largest absolute Gasteiger partial charge is 0.454 e. The van der Waals surface area contributed by atoms with Gasteiger partial charge in [0.1, 0.15) is 5.15 Å². The number of fused-ring (bicyclic) bond motifs is 3. The lowest BCUT2D eigenvalue weighted by Crippen LogP contribution is -2.12. The molecule has 1 aliphatic rings. The van der Waals surface area contributed by atoms with E-state index in [1.807, 2.05) is 24.3 Å². The van der Waals surface area contributed by atoms with Crippen LogP contribution in [0.1, 0.15) is 32.7 Å². The molecule has 5 nitrogen and oxygen atoms in total. The highest BCUT2D eigenvalue weighted by Crippen LogP contribution is 2.36. The van der Waals surface area contributed by atoms with Crippen LogP contribution in [0.25, 0.3) is 17.2 Å².